The van der Waals surface area contributed by atoms with Crippen LogP contribution in [0.5, 0.6) is 11.5 Å². The Kier molecular flexibility index (Phi) is 13.6. The molecule has 48 heavy (non-hydrogen) atoms. The molecule has 2 fully saturated rings. The van der Waals surface area contributed by atoms with Gasteiger partial charge in [0.15, 0.2) is 11.5 Å². The zero-order valence-corrected chi connectivity index (χ0v) is 31.3. The van der Waals surface area contributed by atoms with Crippen LogP contribution in [-0.2, 0) is 19.1 Å². The highest BCUT2D eigenvalue weighted by atomic mass is 35.5. The molecule has 2 aromatic carbocycles. The Hall–Kier alpha value is -1.94. The largest absolute Gasteiger partial charge is 0.462 e. The first-order valence-electron chi connectivity index (χ1n) is 15.7. The van der Waals surface area contributed by atoms with E-state index < -0.39 is 46.5 Å². The van der Waals surface area contributed by atoms with Crippen molar-refractivity contribution in [2.45, 2.75) is 66.2 Å². The molecule has 2 aliphatic carbocycles. The van der Waals surface area contributed by atoms with Crippen LogP contribution in [0.25, 0.3) is 0 Å². The van der Waals surface area contributed by atoms with Crippen LogP contribution in [0.3, 0.4) is 0 Å². The van der Waals surface area contributed by atoms with Gasteiger partial charge in [0.2, 0.25) is 0 Å². The van der Waals surface area contributed by atoms with Gasteiger partial charge >= 0.3 is 23.9 Å². The minimum atomic E-state index is -1.64. The summed E-state index contributed by atoms with van der Waals surface area (Å²) >= 11 is 37.4. The number of esters is 4. The van der Waals surface area contributed by atoms with Gasteiger partial charge in [0.25, 0.3) is 0 Å². The molecule has 0 N–H and O–H groups in total. The number of hydrogen-bond acceptors (Lipinski definition) is 8. The molecule has 262 valence electrons. The van der Waals surface area contributed by atoms with E-state index in [0.717, 1.165) is 37.8 Å². The smallest absolute Gasteiger partial charge is 0.423 e. The van der Waals surface area contributed by atoms with Crippen LogP contribution in [0.1, 0.15) is 86.9 Å². The highest BCUT2D eigenvalue weighted by Crippen LogP contribution is 2.44. The van der Waals surface area contributed by atoms with E-state index in [1.807, 2.05) is 0 Å². The summed E-state index contributed by atoms with van der Waals surface area (Å²) in [4.78, 5) is 52.1. The van der Waals surface area contributed by atoms with Crippen LogP contribution in [-0.4, -0.2) is 37.1 Å². The van der Waals surface area contributed by atoms with E-state index in [9.17, 15) is 19.2 Å². The first-order valence-corrected chi connectivity index (χ1v) is 18.0. The third kappa shape index (κ3) is 8.85. The normalized spacial score (nSPS) is 23.0. The summed E-state index contributed by atoms with van der Waals surface area (Å²) in [6.07, 6.45) is 5.21. The first kappa shape index (κ1) is 38.9. The number of rotatable bonds is 12. The van der Waals surface area contributed by atoms with Crippen molar-refractivity contribution in [1.29, 1.82) is 0 Å². The molecule has 0 amide bonds. The van der Waals surface area contributed by atoms with Gasteiger partial charge in [-0.3, -0.25) is 0 Å². The molecule has 6 atom stereocenters. The minimum absolute atomic E-state index is 0.0694. The Morgan fingerprint density at radius 2 is 0.958 bits per heavy atom. The van der Waals surface area contributed by atoms with Crippen molar-refractivity contribution in [3.63, 3.8) is 0 Å². The fourth-order valence-electron chi connectivity index (χ4n) is 6.27. The Morgan fingerprint density at radius 3 is 1.27 bits per heavy atom. The number of carbonyl (C=O) groups is 4. The van der Waals surface area contributed by atoms with E-state index in [2.05, 4.69) is 27.7 Å². The second-order valence-electron chi connectivity index (χ2n) is 12.7. The molecule has 0 radical (unpaired) electrons. The lowest BCUT2D eigenvalue weighted by Gasteiger charge is -2.41. The highest BCUT2D eigenvalue weighted by Gasteiger charge is 2.35. The zero-order valence-electron chi connectivity index (χ0n) is 26.8. The molecule has 0 aliphatic heterocycles. The van der Waals surface area contributed by atoms with E-state index in [0.29, 0.717) is 48.3 Å². The van der Waals surface area contributed by atoms with Gasteiger partial charge < -0.3 is 18.9 Å². The van der Waals surface area contributed by atoms with E-state index in [4.69, 9.17) is 88.6 Å². The van der Waals surface area contributed by atoms with Crippen LogP contribution in [0.2, 0.25) is 30.1 Å². The predicted molar refractivity (Wildman–Crippen MR) is 186 cm³/mol. The molecule has 2 saturated carbocycles. The molecule has 2 aliphatic rings. The Morgan fingerprint density at radius 1 is 0.604 bits per heavy atom. The maximum Gasteiger partial charge on any atom is 0.423 e. The minimum Gasteiger partial charge on any atom is -0.462 e. The van der Waals surface area contributed by atoms with E-state index in [1.54, 1.807) is 0 Å². The van der Waals surface area contributed by atoms with Gasteiger partial charge in [0.05, 0.1) is 43.3 Å². The average Bonchev–Trinajstić information content (AvgIpc) is 3.04. The number of hydrogen-bond donors (Lipinski definition) is 0. The van der Waals surface area contributed by atoms with Gasteiger partial charge in [-0.1, -0.05) is 97.3 Å². The van der Waals surface area contributed by atoms with Gasteiger partial charge in [-0.2, -0.15) is 0 Å². The van der Waals surface area contributed by atoms with Crippen molar-refractivity contribution in [2.75, 3.05) is 13.2 Å². The zero-order chi connectivity index (χ0) is 35.4. The van der Waals surface area contributed by atoms with Gasteiger partial charge in [-0.15, -0.1) is 0 Å². The maximum atomic E-state index is 13.1. The standard InChI is InChI=1S/C34H36Cl6O8/c1-15-11-19(17(15)3)7-5-9-45-31(41)25-27(39)21(35)13-23(37)29(25)47-33(43)34(44)48-30-24(38)14-22(36)28(40)26(30)32(42)46-10-6-8-20-12-16(2)18(20)4/h13-20H,5-12H2,1-4H3. The first-order chi connectivity index (χ1) is 22.6. The third-order valence-corrected chi connectivity index (χ3v) is 11.9. The summed E-state index contributed by atoms with van der Waals surface area (Å²) in [5.41, 5.74) is -0.910. The predicted octanol–water partition coefficient (Wildman–Crippen LogP) is 10.6. The molecule has 4 rings (SSSR count). The average molecular weight is 785 g/mol. The summed E-state index contributed by atoms with van der Waals surface area (Å²) < 4.78 is 21.1. The molecular formula is C34H36Cl6O8. The lowest BCUT2D eigenvalue weighted by atomic mass is 9.65. The van der Waals surface area contributed by atoms with E-state index >= 15 is 0 Å². The van der Waals surface area contributed by atoms with E-state index in [1.165, 1.54) is 0 Å². The van der Waals surface area contributed by atoms with Crippen molar-refractivity contribution in [2.24, 2.45) is 35.5 Å². The summed E-state index contributed by atoms with van der Waals surface area (Å²) in [6.45, 7) is 8.94. The van der Waals surface area contributed by atoms with Gasteiger partial charge in [-0.05, 0) is 86.2 Å². The molecule has 0 heterocycles. The number of ether oxygens (including phenoxy) is 4. The summed E-state index contributed by atoms with van der Waals surface area (Å²) in [6, 6.07) is 2.26. The van der Waals surface area contributed by atoms with Crippen LogP contribution in [0.4, 0.5) is 0 Å². The molecule has 0 saturated heterocycles. The fourth-order valence-corrected chi connectivity index (χ4v) is 7.71. The Labute approximate surface area is 309 Å². The monoisotopic (exact) mass is 782 g/mol. The van der Waals surface area contributed by atoms with Crippen LogP contribution >= 0.6 is 69.6 Å². The molecule has 0 bridgehead atoms. The third-order valence-electron chi connectivity index (χ3n) is 9.75. The van der Waals surface area contributed by atoms with Crippen LogP contribution < -0.4 is 9.47 Å². The summed E-state index contributed by atoms with van der Waals surface area (Å²) in [7, 11) is 0. The SMILES string of the molecule is CC1CC(CCCOC(=O)c2c(Cl)c(Cl)cc(Cl)c2OC(=O)C(=O)Oc2c(Cl)cc(Cl)c(Cl)c2C(=O)OCCCC2CC(C)C2C)C1C. The second-order valence-corrected chi connectivity index (χ2v) is 15.1. The fraction of sp³-hybridized carbons (Fsp3) is 0.529. The van der Waals surface area contributed by atoms with Crippen molar-refractivity contribution in [3.05, 3.63) is 53.4 Å². The second kappa shape index (κ2) is 16.8. The molecular weight excluding hydrogens is 749 g/mol. The lowest BCUT2D eigenvalue weighted by molar-refractivity contribution is -0.156. The highest BCUT2D eigenvalue weighted by molar-refractivity contribution is 6.47. The lowest BCUT2D eigenvalue weighted by Crippen LogP contribution is -2.32. The quantitative estimate of drug-likeness (QED) is 0.0689. The van der Waals surface area contributed by atoms with Crippen molar-refractivity contribution < 1.29 is 38.1 Å². The molecule has 2 aromatic rings. The molecule has 8 nitrogen and oxygen atoms in total. The number of benzene rings is 2. The van der Waals surface area contributed by atoms with Crippen LogP contribution in [0.15, 0.2) is 12.1 Å². The molecule has 0 aromatic heterocycles. The summed E-state index contributed by atoms with van der Waals surface area (Å²) in [5.74, 6) is -2.70. The number of carbonyl (C=O) groups excluding carboxylic acids is 4. The van der Waals surface area contributed by atoms with Gasteiger partial charge in [0.1, 0.15) is 11.1 Å². The van der Waals surface area contributed by atoms with Crippen molar-refractivity contribution >= 4 is 93.5 Å². The summed E-state index contributed by atoms with van der Waals surface area (Å²) in [5, 5.41) is -1.45. The van der Waals surface area contributed by atoms with Gasteiger partial charge in [-0.25, -0.2) is 19.2 Å². The molecule has 14 heteroatoms. The molecule has 6 unspecified atom stereocenters. The van der Waals surface area contributed by atoms with E-state index in [-0.39, 0.29) is 43.3 Å². The van der Waals surface area contributed by atoms with Crippen LogP contribution in [0, 0.1) is 35.5 Å². The number of halogens is 6. The Bertz CT molecular complexity index is 1460. The van der Waals surface area contributed by atoms with Crippen molar-refractivity contribution in [3.8, 4) is 11.5 Å². The van der Waals surface area contributed by atoms with Crippen molar-refractivity contribution in [1.82, 2.24) is 0 Å². The van der Waals surface area contributed by atoms with Gasteiger partial charge in [0, 0.05) is 0 Å². The maximum absolute atomic E-state index is 13.1. The molecule has 0 spiro atoms. The topological polar surface area (TPSA) is 105 Å². The Balaban J connectivity index is 1.44.